The molecule has 4 atom stereocenters. The molecule has 37 heavy (non-hydrogen) atoms. The monoisotopic (exact) mass is 539 g/mol. The molecule has 1 saturated heterocycles. The first-order valence-corrected chi connectivity index (χ1v) is 14.9. The van der Waals surface area contributed by atoms with E-state index in [1.165, 1.54) is 18.6 Å². The lowest BCUT2D eigenvalue weighted by molar-refractivity contribution is -0.114. The predicted octanol–water partition coefficient (Wildman–Crippen LogP) is 5.41. The van der Waals surface area contributed by atoms with Crippen molar-refractivity contribution >= 4 is 16.2 Å². The van der Waals surface area contributed by atoms with E-state index in [-0.39, 0.29) is 11.5 Å². The van der Waals surface area contributed by atoms with E-state index in [4.69, 9.17) is 13.7 Å². The number of ether oxygens (including phenoxy) is 2. The minimum Gasteiger partial charge on any atom is -0.444 e. The zero-order chi connectivity index (χ0) is 27.6. The predicted molar refractivity (Wildman–Crippen MR) is 141 cm³/mol. The molecule has 2 aliphatic rings. The molecule has 0 radical (unpaired) electrons. The van der Waals surface area contributed by atoms with Crippen LogP contribution < -0.4 is 0 Å². The summed E-state index contributed by atoms with van der Waals surface area (Å²) >= 11 is 0. The quantitative estimate of drug-likeness (QED) is 0.441. The van der Waals surface area contributed by atoms with Gasteiger partial charge in [-0.3, -0.25) is 9.08 Å². The second kappa shape index (κ2) is 11.6. The first kappa shape index (κ1) is 29.9. The van der Waals surface area contributed by atoms with Gasteiger partial charge in [0.2, 0.25) is 0 Å². The SMILES string of the molecule is Cc1ccc(S(=O)(=O)OCC(C)[C@H](O)[C@@H]2OC(C)(C)N(C(=O)OC(C)(C)C)[C@H]2CC2CCCCC2)cc1. The molecular formula is C28H45NO7S. The second-order valence-electron chi connectivity index (χ2n) is 12.2. The van der Waals surface area contributed by atoms with Gasteiger partial charge in [-0.25, -0.2) is 4.79 Å². The molecule has 210 valence electrons. The summed E-state index contributed by atoms with van der Waals surface area (Å²) in [6.07, 6.45) is 4.15. The molecule has 0 aromatic heterocycles. The van der Waals surface area contributed by atoms with Crippen LogP contribution in [0.4, 0.5) is 4.79 Å². The molecule has 1 aromatic rings. The van der Waals surface area contributed by atoms with E-state index in [1.807, 2.05) is 27.7 Å². The Hall–Kier alpha value is -1.68. The number of amides is 1. The number of aliphatic hydroxyl groups excluding tert-OH is 1. The van der Waals surface area contributed by atoms with Crippen molar-refractivity contribution in [1.29, 1.82) is 0 Å². The van der Waals surface area contributed by atoms with E-state index in [9.17, 15) is 18.3 Å². The highest BCUT2D eigenvalue weighted by Crippen LogP contribution is 2.41. The van der Waals surface area contributed by atoms with E-state index in [0.717, 1.165) is 31.2 Å². The Morgan fingerprint density at radius 3 is 2.32 bits per heavy atom. The second-order valence-corrected chi connectivity index (χ2v) is 13.8. The Morgan fingerprint density at radius 2 is 1.76 bits per heavy atom. The molecule has 0 bridgehead atoms. The molecule has 2 fully saturated rings. The summed E-state index contributed by atoms with van der Waals surface area (Å²) in [6, 6.07) is 6.04. The normalized spacial score (nSPS) is 24.6. The topological polar surface area (TPSA) is 102 Å². The maximum Gasteiger partial charge on any atom is 0.412 e. The number of benzene rings is 1. The van der Waals surface area contributed by atoms with E-state index in [1.54, 1.807) is 37.8 Å². The number of carbonyl (C=O) groups is 1. The first-order valence-electron chi connectivity index (χ1n) is 13.4. The standard InChI is InChI=1S/C28H45NO7S/c1-19-13-15-22(16-14-19)37(32,33)34-18-20(2)24(30)25-23(17-21-11-9-8-10-12-21)29(28(6,7)35-25)26(31)36-27(3,4)5/h13-16,20-21,23-25,30H,8-12,17-18H2,1-7H3/t20?,23-,24-,25+/m0/s1. The van der Waals surface area contributed by atoms with Crippen LogP contribution in [0.2, 0.25) is 0 Å². The zero-order valence-electron chi connectivity index (χ0n) is 23.4. The number of hydrogen-bond acceptors (Lipinski definition) is 7. The maximum atomic E-state index is 13.3. The molecule has 9 heteroatoms. The van der Waals surface area contributed by atoms with Crippen molar-refractivity contribution in [3.05, 3.63) is 29.8 Å². The van der Waals surface area contributed by atoms with Crippen LogP contribution in [0.1, 0.15) is 85.6 Å². The van der Waals surface area contributed by atoms with Crippen molar-refractivity contribution in [3.63, 3.8) is 0 Å². The summed E-state index contributed by atoms with van der Waals surface area (Å²) in [7, 11) is -3.97. The van der Waals surface area contributed by atoms with Gasteiger partial charge in [-0.15, -0.1) is 0 Å². The van der Waals surface area contributed by atoms with Crippen LogP contribution in [-0.4, -0.2) is 60.7 Å². The average Bonchev–Trinajstić information content (AvgIpc) is 3.06. The summed E-state index contributed by atoms with van der Waals surface area (Å²) in [5, 5.41) is 11.4. The molecular weight excluding hydrogens is 494 g/mol. The third-order valence-corrected chi connectivity index (χ3v) is 8.62. The van der Waals surface area contributed by atoms with Crippen molar-refractivity contribution in [2.75, 3.05) is 6.61 Å². The highest BCUT2D eigenvalue weighted by Gasteiger charge is 2.54. The van der Waals surface area contributed by atoms with E-state index >= 15 is 0 Å². The largest absolute Gasteiger partial charge is 0.444 e. The summed E-state index contributed by atoms with van der Waals surface area (Å²) in [6.45, 7) is 12.5. The fraction of sp³-hybridized carbons (Fsp3) is 0.750. The lowest BCUT2D eigenvalue weighted by atomic mass is 9.82. The van der Waals surface area contributed by atoms with Gasteiger partial charge >= 0.3 is 6.09 Å². The minimum absolute atomic E-state index is 0.0734. The number of nitrogens with zero attached hydrogens (tertiary/aromatic N) is 1. The van der Waals surface area contributed by atoms with Crippen molar-refractivity contribution in [2.24, 2.45) is 11.8 Å². The molecule has 3 rings (SSSR count). The molecule has 1 aliphatic carbocycles. The molecule has 1 saturated carbocycles. The van der Waals surface area contributed by atoms with Crippen LogP contribution >= 0.6 is 0 Å². The van der Waals surface area contributed by atoms with Gasteiger partial charge in [0.05, 0.1) is 23.6 Å². The van der Waals surface area contributed by atoms with Crippen molar-refractivity contribution < 1.29 is 32.0 Å². The van der Waals surface area contributed by atoms with Gasteiger partial charge < -0.3 is 14.6 Å². The van der Waals surface area contributed by atoms with Crippen molar-refractivity contribution in [1.82, 2.24) is 4.90 Å². The molecule has 1 aromatic carbocycles. The van der Waals surface area contributed by atoms with Crippen molar-refractivity contribution in [2.45, 2.75) is 121 Å². The number of hydrogen-bond donors (Lipinski definition) is 1. The molecule has 1 unspecified atom stereocenters. The van der Waals surface area contributed by atoms with Gasteiger partial charge in [0.25, 0.3) is 10.1 Å². The van der Waals surface area contributed by atoms with Crippen LogP contribution in [0.15, 0.2) is 29.2 Å². The van der Waals surface area contributed by atoms with Gasteiger partial charge in [-0.05, 0) is 66.0 Å². The fourth-order valence-corrected chi connectivity index (χ4v) is 6.37. The third-order valence-electron chi connectivity index (χ3n) is 7.32. The number of aliphatic hydroxyl groups is 1. The minimum atomic E-state index is -3.97. The van der Waals surface area contributed by atoms with E-state index < -0.39 is 51.7 Å². The van der Waals surface area contributed by atoms with Crippen molar-refractivity contribution in [3.8, 4) is 0 Å². The van der Waals surface area contributed by atoms with Gasteiger partial charge in [-0.2, -0.15) is 8.42 Å². The smallest absolute Gasteiger partial charge is 0.412 e. The van der Waals surface area contributed by atoms with Crippen LogP contribution in [0, 0.1) is 18.8 Å². The summed E-state index contributed by atoms with van der Waals surface area (Å²) in [4.78, 5) is 15.1. The Balaban J connectivity index is 1.79. The number of carbonyl (C=O) groups excluding carboxylic acids is 1. The lowest BCUT2D eigenvalue weighted by Crippen LogP contribution is -2.52. The Morgan fingerprint density at radius 1 is 1.16 bits per heavy atom. The first-order chi connectivity index (χ1) is 17.1. The molecule has 1 heterocycles. The van der Waals surface area contributed by atoms with Gasteiger partial charge in [-0.1, -0.05) is 56.7 Å². The highest BCUT2D eigenvalue weighted by molar-refractivity contribution is 7.86. The van der Waals surface area contributed by atoms with Crippen LogP contribution in [0.25, 0.3) is 0 Å². The van der Waals surface area contributed by atoms with Gasteiger partial charge in [0.15, 0.2) is 0 Å². The fourth-order valence-electron chi connectivity index (χ4n) is 5.37. The van der Waals surface area contributed by atoms with E-state index in [2.05, 4.69) is 0 Å². The molecule has 1 amide bonds. The molecule has 8 nitrogen and oxygen atoms in total. The van der Waals surface area contributed by atoms with Gasteiger partial charge in [0, 0.05) is 5.92 Å². The Bertz CT molecular complexity index is 1010. The Labute approximate surface area is 222 Å². The summed E-state index contributed by atoms with van der Waals surface area (Å²) in [5.74, 6) is -0.141. The van der Waals surface area contributed by atoms with Crippen LogP contribution in [0.3, 0.4) is 0 Å². The van der Waals surface area contributed by atoms with Crippen LogP contribution in [0.5, 0.6) is 0 Å². The van der Waals surface area contributed by atoms with E-state index in [0.29, 0.717) is 12.3 Å². The van der Waals surface area contributed by atoms with Gasteiger partial charge in [0.1, 0.15) is 17.4 Å². The summed E-state index contributed by atoms with van der Waals surface area (Å²) in [5.41, 5.74) is -0.727. The summed E-state index contributed by atoms with van der Waals surface area (Å²) < 4.78 is 42.8. The van der Waals surface area contributed by atoms with Crippen LogP contribution in [-0.2, 0) is 23.8 Å². The zero-order valence-corrected chi connectivity index (χ0v) is 24.2. The number of aryl methyl sites for hydroxylation is 1. The molecule has 1 aliphatic heterocycles. The lowest BCUT2D eigenvalue weighted by Gasteiger charge is -2.37. The number of rotatable bonds is 8. The molecule has 1 N–H and O–H groups in total. The molecule has 0 spiro atoms. The maximum absolute atomic E-state index is 13.3. The highest BCUT2D eigenvalue weighted by atomic mass is 32.2. The Kier molecular flexibility index (Phi) is 9.36. The third kappa shape index (κ3) is 7.68. The average molecular weight is 540 g/mol.